The van der Waals surface area contributed by atoms with Gasteiger partial charge in [-0.3, -0.25) is 4.99 Å². The van der Waals surface area contributed by atoms with Crippen LogP contribution in [-0.2, 0) is 6.42 Å². The molecule has 0 amide bonds. The molecule has 0 aliphatic heterocycles. The number of aliphatic imine (C=N–C) groups is 1. The number of hydrogen-bond donors (Lipinski definition) is 2. The molecule has 1 heterocycles. The number of rotatable bonds is 8. The van der Waals surface area contributed by atoms with Crippen molar-refractivity contribution in [2.45, 2.75) is 27.2 Å². The first kappa shape index (κ1) is 18.3. The maximum Gasteiger partial charge on any atom is 0.191 e. The van der Waals surface area contributed by atoms with Crippen LogP contribution in [0.3, 0.4) is 0 Å². The molecule has 0 spiro atoms. The molecule has 1 aromatic heterocycles. The normalized spacial score (nSPS) is 11.4. The minimum atomic E-state index is 0.597. The topological polar surface area (TPSA) is 58.5 Å². The second kappa shape index (κ2) is 9.93. The molecule has 0 saturated carbocycles. The van der Waals surface area contributed by atoms with Crippen LogP contribution in [-0.4, -0.2) is 37.2 Å². The van der Waals surface area contributed by atoms with Gasteiger partial charge >= 0.3 is 0 Å². The first-order chi connectivity index (χ1) is 11.7. The van der Waals surface area contributed by atoms with Crippen LogP contribution < -0.4 is 15.4 Å². The number of benzene rings is 1. The molecule has 0 aliphatic rings. The molecule has 2 N–H and O–H groups in total. The Kier molecular flexibility index (Phi) is 7.55. The van der Waals surface area contributed by atoms with Crippen molar-refractivity contribution in [1.82, 2.24) is 15.6 Å². The molecule has 0 fully saturated rings. The summed E-state index contributed by atoms with van der Waals surface area (Å²) < 4.78 is 5.74. The van der Waals surface area contributed by atoms with E-state index in [1.165, 1.54) is 10.4 Å². The Morgan fingerprint density at radius 2 is 2.17 bits per heavy atom. The quantitative estimate of drug-likeness (QED) is 0.438. The van der Waals surface area contributed by atoms with E-state index in [-0.39, 0.29) is 0 Å². The molecular formula is C18H26N4OS. The van der Waals surface area contributed by atoms with E-state index in [1.54, 1.807) is 11.3 Å². The lowest BCUT2D eigenvalue weighted by molar-refractivity contribution is 0.321. The maximum absolute atomic E-state index is 5.74. The van der Waals surface area contributed by atoms with Crippen LogP contribution >= 0.6 is 11.3 Å². The Hall–Kier alpha value is -2.08. The molecule has 6 heteroatoms. The van der Waals surface area contributed by atoms with Crippen molar-refractivity contribution in [2.75, 3.05) is 26.2 Å². The van der Waals surface area contributed by atoms with Crippen LogP contribution in [0.5, 0.6) is 5.75 Å². The summed E-state index contributed by atoms with van der Waals surface area (Å²) in [5, 5.41) is 7.68. The Morgan fingerprint density at radius 3 is 2.88 bits per heavy atom. The number of aryl methyl sites for hydroxylation is 2. The fourth-order valence-electron chi connectivity index (χ4n) is 2.17. The van der Waals surface area contributed by atoms with Crippen molar-refractivity contribution < 1.29 is 4.74 Å². The monoisotopic (exact) mass is 346 g/mol. The van der Waals surface area contributed by atoms with Gasteiger partial charge in [-0.25, -0.2) is 4.98 Å². The number of aromatic nitrogens is 1. The Labute approximate surface area is 148 Å². The predicted molar refractivity (Wildman–Crippen MR) is 101 cm³/mol. The zero-order valence-corrected chi connectivity index (χ0v) is 15.4. The third-order valence-corrected chi connectivity index (χ3v) is 4.23. The Bertz CT molecular complexity index is 654. The summed E-state index contributed by atoms with van der Waals surface area (Å²) in [6.45, 7) is 9.05. The smallest absolute Gasteiger partial charge is 0.191 e. The van der Waals surface area contributed by atoms with Gasteiger partial charge in [0.1, 0.15) is 12.4 Å². The minimum Gasteiger partial charge on any atom is -0.492 e. The molecule has 1 aromatic carbocycles. The van der Waals surface area contributed by atoms with E-state index in [0.29, 0.717) is 13.2 Å². The van der Waals surface area contributed by atoms with Crippen molar-refractivity contribution >= 4 is 17.3 Å². The molecule has 24 heavy (non-hydrogen) atoms. The highest BCUT2D eigenvalue weighted by Gasteiger charge is 2.00. The minimum absolute atomic E-state index is 0.597. The van der Waals surface area contributed by atoms with Crippen molar-refractivity contribution in [3.05, 3.63) is 45.9 Å². The highest BCUT2D eigenvalue weighted by Crippen LogP contribution is 2.12. The molecule has 2 aromatic rings. The number of guanidine groups is 1. The highest BCUT2D eigenvalue weighted by molar-refractivity contribution is 7.11. The zero-order valence-electron chi connectivity index (χ0n) is 14.6. The lowest BCUT2D eigenvalue weighted by Gasteiger charge is -2.12. The SMILES string of the molecule is CCNC(=NCCc1ncc(C)s1)NCCOc1cccc(C)c1. The fraction of sp³-hybridized carbons (Fsp3) is 0.444. The van der Waals surface area contributed by atoms with Crippen molar-refractivity contribution in [2.24, 2.45) is 4.99 Å². The summed E-state index contributed by atoms with van der Waals surface area (Å²) in [4.78, 5) is 10.2. The van der Waals surface area contributed by atoms with Crippen LogP contribution in [0.15, 0.2) is 35.5 Å². The van der Waals surface area contributed by atoms with E-state index in [2.05, 4.69) is 47.4 Å². The first-order valence-electron chi connectivity index (χ1n) is 8.30. The summed E-state index contributed by atoms with van der Waals surface area (Å²) in [6.07, 6.45) is 2.78. The Balaban J connectivity index is 1.72. The maximum atomic E-state index is 5.74. The second-order valence-electron chi connectivity index (χ2n) is 5.47. The zero-order chi connectivity index (χ0) is 17.2. The average Bonchev–Trinajstić information content (AvgIpc) is 2.97. The van der Waals surface area contributed by atoms with E-state index in [1.807, 2.05) is 24.4 Å². The lowest BCUT2D eigenvalue weighted by atomic mass is 10.2. The number of ether oxygens (including phenoxy) is 1. The molecule has 0 radical (unpaired) electrons. The largest absolute Gasteiger partial charge is 0.492 e. The number of hydrogen-bond acceptors (Lipinski definition) is 4. The van der Waals surface area contributed by atoms with Gasteiger partial charge in [-0.1, -0.05) is 12.1 Å². The average molecular weight is 347 g/mol. The van der Waals surface area contributed by atoms with Gasteiger partial charge < -0.3 is 15.4 Å². The Morgan fingerprint density at radius 1 is 1.29 bits per heavy atom. The first-order valence-corrected chi connectivity index (χ1v) is 9.12. The van der Waals surface area contributed by atoms with Gasteiger partial charge in [0, 0.05) is 30.6 Å². The van der Waals surface area contributed by atoms with Crippen molar-refractivity contribution in [1.29, 1.82) is 0 Å². The lowest BCUT2D eigenvalue weighted by Crippen LogP contribution is -2.39. The third-order valence-electron chi connectivity index (χ3n) is 3.26. The number of thiazole rings is 1. The van der Waals surface area contributed by atoms with E-state index in [4.69, 9.17) is 4.74 Å². The van der Waals surface area contributed by atoms with Gasteiger partial charge in [-0.15, -0.1) is 11.3 Å². The summed E-state index contributed by atoms with van der Waals surface area (Å²) in [7, 11) is 0. The highest BCUT2D eigenvalue weighted by atomic mass is 32.1. The van der Waals surface area contributed by atoms with Crippen LogP contribution in [0.1, 0.15) is 22.4 Å². The van der Waals surface area contributed by atoms with Crippen LogP contribution in [0.2, 0.25) is 0 Å². The molecule has 0 unspecified atom stereocenters. The number of nitrogens with zero attached hydrogens (tertiary/aromatic N) is 2. The van der Waals surface area contributed by atoms with E-state index < -0.39 is 0 Å². The van der Waals surface area contributed by atoms with Gasteiger partial charge in [-0.2, -0.15) is 0 Å². The summed E-state index contributed by atoms with van der Waals surface area (Å²) >= 11 is 1.73. The standard InChI is InChI=1S/C18H26N4OS/c1-4-19-18(20-9-8-17-22-13-15(3)24-17)21-10-11-23-16-7-5-6-14(2)12-16/h5-7,12-13H,4,8-11H2,1-3H3,(H2,19,20,21). The molecular weight excluding hydrogens is 320 g/mol. The van der Waals surface area contributed by atoms with Gasteiger partial charge in [0.15, 0.2) is 5.96 Å². The third kappa shape index (κ3) is 6.58. The van der Waals surface area contributed by atoms with Crippen LogP contribution in [0.25, 0.3) is 0 Å². The fourth-order valence-corrected chi connectivity index (χ4v) is 2.94. The van der Waals surface area contributed by atoms with Gasteiger partial charge in [0.25, 0.3) is 0 Å². The van der Waals surface area contributed by atoms with Gasteiger partial charge in [-0.05, 0) is 38.5 Å². The van der Waals surface area contributed by atoms with Crippen LogP contribution in [0.4, 0.5) is 0 Å². The van der Waals surface area contributed by atoms with E-state index in [0.717, 1.165) is 36.2 Å². The summed E-state index contributed by atoms with van der Waals surface area (Å²) in [5.41, 5.74) is 1.20. The second-order valence-corrected chi connectivity index (χ2v) is 6.79. The summed E-state index contributed by atoms with van der Waals surface area (Å²) in [5.74, 6) is 1.72. The predicted octanol–water partition coefficient (Wildman–Crippen LogP) is 2.94. The molecule has 0 saturated heterocycles. The molecule has 0 atom stereocenters. The molecule has 2 rings (SSSR count). The molecule has 5 nitrogen and oxygen atoms in total. The van der Waals surface area contributed by atoms with Gasteiger partial charge in [0.2, 0.25) is 0 Å². The van der Waals surface area contributed by atoms with Gasteiger partial charge in [0.05, 0.1) is 11.6 Å². The summed E-state index contributed by atoms with van der Waals surface area (Å²) in [6, 6.07) is 8.08. The molecule has 130 valence electrons. The van der Waals surface area contributed by atoms with E-state index >= 15 is 0 Å². The molecule has 0 aliphatic carbocycles. The van der Waals surface area contributed by atoms with Crippen molar-refractivity contribution in [3.63, 3.8) is 0 Å². The van der Waals surface area contributed by atoms with Crippen molar-refractivity contribution in [3.8, 4) is 5.75 Å². The number of nitrogens with one attached hydrogen (secondary N) is 2. The van der Waals surface area contributed by atoms with E-state index in [9.17, 15) is 0 Å². The molecule has 0 bridgehead atoms. The van der Waals surface area contributed by atoms with Crippen LogP contribution in [0, 0.1) is 13.8 Å².